The van der Waals surface area contributed by atoms with Crippen molar-refractivity contribution in [2.75, 3.05) is 0 Å². The molecule has 1 aromatic carbocycles. The Kier molecular flexibility index (Phi) is 3.50. The van der Waals surface area contributed by atoms with Gasteiger partial charge in [-0.15, -0.1) is 0 Å². The third kappa shape index (κ3) is 4.21. The highest BCUT2D eigenvalue weighted by atomic mass is 79.9. The second-order valence-electron chi connectivity index (χ2n) is 2.58. The summed E-state index contributed by atoms with van der Waals surface area (Å²) < 4.78 is 23.2. The van der Waals surface area contributed by atoms with Gasteiger partial charge in [0.1, 0.15) is 0 Å². The Hall–Kier alpha value is 0.0900. The first-order chi connectivity index (χ1) is 5.87. The van der Waals surface area contributed by atoms with Crippen molar-refractivity contribution < 1.29 is 8.42 Å². The van der Waals surface area contributed by atoms with Crippen molar-refractivity contribution in [2.45, 2.75) is 5.75 Å². The topological polar surface area (TPSA) is 60.2 Å². The van der Waals surface area contributed by atoms with E-state index in [0.717, 1.165) is 8.95 Å². The number of halogens is 2. The summed E-state index contributed by atoms with van der Waals surface area (Å²) in [7, 11) is -3.45. The minimum Gasteiger partial charge on any atom is -0.228 e. The van der Waals surface area contributed by atoms with Crippen LogP contribution in [0.2, 0.25) is 0 Å². The lowest BCUT2D eigenvalue weighted by Gasteiger charge is -2.01. The maximum absolute atomic E-state index is 10.8. The van der Waals surface area contributed by atoms with Crippen LogP contribution < -0.4 is 5.14 Å². The molecular weight excluding hydrogens is 322 g/mol. The molecule has 1 rings (SSSR count). The van der Waals surface area contributed by atoms with Crippen LogP contribution in [0, 0.1) is 0 Å². The molecule has 0 bridgehead atoms. The third-order valence-corrected chi connectivity index (χ3v) is 2.94. The Balaban J connectivity index is 3.03. The highest BCUT2D eigenvalue weighted by Gasteiger charge is 2.06. The molecule has 0 aromatic heterocycles. The fourth-order valence-corrected chi connectivity index (χ4v) is 2.95. The summed E-state index contributed by atoms with van der Waals surface area (Å²) in [5, 5.41) is 4.91. The van der Waals surface area contributed by atoms with Crippen LogP contribution in [0.1, 0.15) is 5.56 Å². The molecule has 0 aliphatic carbocycles. The quantitative estimate of drug-likeness (QED) is 0.902. The van der Waals surface area contributed by atoms with Gasteiger partial charge in [0.05, 0.1) is 5.75 Å². The summed E-state index contributed by atoms with van der Waals surface area (Å²) in [5.74, 6) is -0.148. The molecule has 0 aliphatic rings. The molecule has 0 atom stereocenters. The predicted molar refractivity (Wildman–Crippen MR) is 58.7 cm³/mol. The maximum atomic E-state index is 10.8. The van der Waals surface area contributed by atoms with Gasteiger partial charge in [0, 0.05) is 8.95 Å². The fraction of sp³-hybridized carbons (Fsp3) is 0.143. The van der Waals surface area contributed by atoms with E-state index in [1.807, 2.05) is 6.07 Å². The first-order valence-electron chi connectivity index (χ1n) is 3.32. The summed E-state index contributed by atoms with van der Waals surface area (Å²) in [6.07, 6.45) is 0. The van der Waals surface area contributed by atoms with E-state index < -0.39 is 10.0 Å². The average molecular weight is 329 g/mol. The number of sulfonamides is 1. The van der Waals surface area contributed by atoms with Crippen molar-refractivity contribution in [3.63, 3.8) is 0 Å². The van der Waals surface area contributed by atoms with E-state index >= 15 is 0 Å². The van der Waals surface area contributed by atoms with Crippen molar-refractivity contribution in [1.29, 1.82) is 0 Å². The van der Waals surface area contributed by atoms with Crippen LogP contribution in [-0.4, -0.2) is 8.42 Å². The van der Waals surface area contributed by atoms with Gasteiger partial charge in [-0.05, 0) is 23.8 Å². The normalized spacial score (nSPS) is 11.6. The summed E-state index contributed by atoms with van der Waals surface area (Å²) >= 11 is 6.51. The van der Waals surface area contributed by atoms with E-state index in [0.29, 0.717) is 5.56 Å². The van der Waals surface area contributed by atoms with Crippen LogP contribution in [0.5, 0.6) is 0 Å². The number of primary sulfonamides is 1. The van der Waals surface area contributed by atoms with Gasteiger partial charge in [-0.3, -0.25) is 0 Å². The van der Waals surface area contributed by atoms with Crippen LogP contribution in [0.3, 0.4) is 0 Å². The molecule has 72 valence electrons. The van der Waals surface area contributed by atoms with Crippen LogP contribution >= 0.6 is 31.9 Å². The highest BCUT2D eigenvalue weighted by molar-refractivity contribution is 9.11. The second kappa shape index (κ2) is 4.08. The largest absolute Gasteiger partial charge is 0.228 e. The molecule has 0 aliphatic heterocycles. The van der Waals surface area contributed by atoms with E-state index in [9.17, 15) is 8.42 Å². The van der Waals surface area contributed by atoms with Gasteiger partial charge in [0.15, 0.2) is 0 Å². The molecule has 0 unspecified atom stereocenters. The van der Waals surface area contributed by atoms with Crippen LogP contribution in [0.4, 0.5) is 0 Å². The maximum Gasteiger partial charge on any atom is 0.213 e. The van der Waals surface area contributed by atoms with Crippen LogP contribution in [0.25, 0.3) is 0 Å². The molecule has 6 heteroatoms. The standard InChI is InChI=1S/C7H7Br2NO2S/c8-6-1-5(2-7(9)3-6)4-13(10,11)12/h1-3H,4H2,(H2,10,11,12). The van der Waals surface area contributed by atoms with Crippen molar-refractivity contribution in [2.24, 2.45) is 5.14 Å². The van der Waals surface area contributed by atoms with Gasteiger partial charge in [0.2, 0.25) is 10.0 Å². The first-order valence-corrected chi connectivity index (χ1v) is 6.62. The zero-order chi connectivity index (χ0) is 10.1. The minimum atomic E-state index is -3.45. The smallest absolute Gasteiger partial charge is 0.213 e. The molecular formula is C7H7Br2NO2S. The molecule has 0 spiro atoms. The monoisotopic (exact) mass is 327 g/mol. The minimum absolute atomic E-state index is 0.148. The summed E-state index contributed by atoms with van der Waals surface area (Å²) in [6, 6.07) is 5.26. The van der Waals surface area contributed by atoms with Crippen LogP contribution in [0.15, 0.2) is 27.1 Å². The Bertz CT molecular complexity index is 396. The van der Waals surface area contributed by atoms with Gasteiger partial charge in [0.25, 0.3) is 0 Å². The van der Waals surface area contributed by atoms with Crippen molar-refractivity contribution >= 4 is 41.9 Å². The van der Waals surface area contributed by atoms with Gasteiger partial charge in [-0.1, -0.05) is 31.9 Å². The second-order valence-corrected chi connectivity index (χ2v) is 6.03. The molecule has 1 aromatic rings. The summed E-state index contributed by atoms with van der Waals surface area (Å²) in [4.78, 5) is 0. The van der Waals surface area contributed by atoms with Crippen molar-refractivity contribution in [3.05, 3.63) is 32.7 Å². The third-order valence-electron chi connectivity index (χ3n) is 1.29. The fourth-order valence-electron chi connectivity index (χ4n) is 0.927. The van der Waals surface area contributed by atoms with Gasteiger partial charge >= 0.3 is 0 Å². The predicted octanol–water partition coefficient (Wildman–Crippen LogP) is 2.00. The Morgan fingerprint density at radius 3 is 2.00 bits per heavy atom. The molecule has 0 heterocycles. The number of rotatable bonds is 2. The van der Waals surface area contributed by atoms with E-state index in [2.05, 4.69) is 31.9 Å². The number of benzene rings is 1. The number of hydrogen-bond acceptors (Lipinski definition) is 2. The Labute approximate surface area is 93.6 Å². The zero-order valence-corrected chi connectivity index (χ0v) is 10.5. The average Bonchev–Trinajstić information content (AvgIpc) is 1.78. The lowest BCUT2D eigenvalue weighted by atomic mass is 10.2. The summed E-state index contributed by atoms with van der Waals surface area (Å²) in [6.45, 7) is 0. The Morgan fingerprint density at radius 2 is 1.62 bits per heavy atom. The van der Waals surface area contributed by atoms with E-state index in [1.54, 1.807) is 12.1 Å². The van der Waals surface area contributed by atoms with Gasteiger partial charge in [-0.25, -0.2) is 13.6 Å². The molecule has 2 N–H and O–H groups in total. The zero-order valence-electron chi connectivity index (χ0n) is 6.50. The molecule has 3 nitrogen and oxygen atoms in total. The van der Waals surface area contributed by atoms with Crippen molar-refractivity contribution in [3.8, 4) is 0 Å². The highest BCUT2D eigenvalue weighted by Crippen LogP contribution is 2.20. The van der Waals surface area contributed by atoms with Crippen LogP contribution in [-0.2, 0) is 15.8 Å². The lowest BCUT2D eigenvalue weighted by molar-refractivity contribution is 0.597. The van der Waals surface area contributed by atoms with E-state index in [1.165, 1.54) is 0 Å². The molecule has 0 fully saturated rings. The summed E-state index contributed by atoms with van der Waals surface area (Å²) in [5.41, 5.74) is 0.656. The SMILES string of the molecule is NS(=O)(=O)Cc1cc(Br)cc(Br)c1. The first kappa shape index (κ1) is 11.2. The van der Waals surface area contributed by atoms with Gasteiger partial charge in [-0.2, -0.15) is 0 Å². The molecule has 13 heavy (non-hydrogen) atoms. The molecule has 0 saturated heterocycles. The van der Waals surface area contributed by atoms with Gasteiger partial charge < -0.3 is 0 Å². The van der Waals surface area contributed by atoms with Crippen molar-refractivity contribution in [1.82, 2.24) is 0 Å². The van der Waals surface area contributed by atoms with E-state index in [-0.39, 0.29) is 5.75 Å². The molecule has 0 radical (unpaired) electrons. The molecule has 0 amide bonds. The number of hydrogen-bond donors (Lipinski definition) is 1. The van der Waals surface area contributed by atoms with E-state index in [4.69, 9.17) is 5.14 Å². The number of nitrogens with two attached hydrogens (primary N) is 1. The molecule has 0 saturated carbocycles. The Morgan fingerprint density at radius 1 is 1.15 bits per heavy atom. The lowest BCUT2D eigenvalue weighted by Crippen LogP contribution is -2.14.